The Bertz CT molecular complexity index is 567. The maximum absolute atomic E-state index is 12.6. The van der Waals surface area contributed by atoms with E-state index in [-0.39, 0.29) is 17.9 Å². The lowest BCUT2D eigenvalue weighted by atomic mass is 10.1. The number of aliphatic hydroxyl groups excluding tert-OH is 1. The molecule has 1 saturated heterocycles. The topological polar surface area (TPSA) is 47.0 Å². The Balaban J connectivity index is 1.57. The van der Waals surface area contributed by atoms with Crippen LogP contribution in [0.3, 0.4) is 0 Å². The molecule has 1 amide bonds. The van der Waals surface area contributed by atoms with Gasteiger partial charge in [0.05, 0.1) is 6.10 Å². The average molecular weight is 345 g/mol. The fraction of sp³-hybridized carbons (Fsp3) is 0.650. The molecule has 138 valence electrons. The summed E-state index contributed by atoms with van der Waals surface area (Å²) in [6.07, 6.45) is 2.70. The lowest BCUT2D eigenvalue weighted by Crippen LogP contribution is -2.46. The molecule has 2 aliphatic rings. The van der Waals surface area contributed by atoms with Crippen molar-refractivity contribution in [3.63, 3.8) is 0 Å². The lowest BCUT2D eigenvalue weighted by molar-refractivity contribution is 0.0693. The largest absolute Gasteiger partial charge is 0.393 e. The van der Waals surface area contributed by atoms with Gasteiger partial charge >= 0.3 is 0 Å². The third kappa shape index (κ3) is 4.33. The van der Waals surface area contributed by atoms with Crippen LogP contribution in [0.25, 0.3) is 0 Å². The van der Waals surface area contributed by atoms with Gasteiger partial charge in [-0.05, 0) is 43.7 Å². The summed E-state index contributed by atoms with van der Waals surface area (Å²) in [4.78, 5) is 19.2. The number of benzene rings is 1. The number of hydrogen-bond acceptors (Lipinski definition) is 4. The summed E-state index contributed by atoms with van der Waals surface area (Å²) >= 11 is 0. The Morgan fingerprint density at radius 1 is 1.16 bits per heavy atom. The van der Waals surface area contributed by atoms with Crippen LogP contribution >= 0.6 is 0 Å². The molecule has 1 aromatic carbocycles. The van der Waals surface area contributed by atoms with Gasteiger partial charge in [0.2, 0.25) is 0 Å². The third-order valence-corrected chi connectivity index (χ3v) is 5.77. The zero-order valence-corrected chi connectivity index (χ0v) is 15.5. The minimum absolute atomic E-state index is 0.0430. The number of carbonyl (C=O) groups is 1. The molecular formula is C20H31N3O2. The van der Waals surface area contributed by atoms with Crippen LogP contribution in [0.5, 0.6) is 0 Å². The van der Waals surface area contributed by atoms with Crippen molar-refractivity contribution in [2.75, 3.05) is 51.2 Å². The van der Waals surface area contributed by atoms with Gasteiger partial charge in [-0.1, -0.05) is 13.3 Å². The van der Waals surface area contributed by atoms with Crippen molar-refractivity contribution < 1.29 is 9.90 Å². The van der Waals surface area contributed by atoms with E-state index in [4.69, 9.17) is 0 Å². The normalized spacial score (nSPS) is 24.5. The van der Waals surface area contributed by atoms with Crippen LogP contribution in [-0.2, 0) is 0 Å². The number of amides is 1. The summed E-state index contributed by atoms with van der Waals surface area (Å²) in [5.74, 6) is 0.268. The molecule has 2 fully saturated rings. The number of rotatable bonds is 5. The number of carbonyl (C=O) groups excluding carboxylic acids is 1. The molecule has 0 bridgehead atoms. The zero-order valence-electron chi connectivity index (χ0n) is 15.5. The molecule has 1 N–H and O–H groups in total. The Hall–Kier alpha value is -1.59. The van der Waals surface area contributed by atoms with Crippen molar-refractivity contribution in [3.8, 4) is 0 Å². The minimum Gasteiger partial charge on any atom is -0.393 e. The number of hydrogen-bond donors (Lipinski definition) is 1. The maximum atomic E-state index is 12.6. The second kappa shape index (κ2) is 8.19. The van der Waals surface area contributed by atoms with Gasteiger partial charge in [-0.2, -0.15) is 0 Å². The van der Waals surface area contributed by atoms with E-state index in [1.165, 1.54) is 5.69 Å². The molecule has 5 heteroatoms. The van der Waals surface area contributed by atoms with E-state index in [1.807, 2.05) is 19.2 Å². The van der Waals surface area contributed by atoms with E-state index in [1.54, 1.807) is 4.90 Å². The van der Waals surface area contributed by atoms with Gasteiger partial charge in [0, 0.05) is 56.9 Å². The van der Waals surface area contributed by atoms with Crippen molar-refractivity contribution in [2.45, 2.75) is 32.3 Å². The average Bonchev–Trinajstić information content (AvgIpc) is 3.06. The molecule has 0 spiro atoms. The highest BCUT2D eigenvalue weighted by atomic mass is 16.3. The third-order valence-electron chi connectivity index (χ3n) is 5.77. The molecule has 1 aromatic rings. The van der Waals surface area contributed by atoms with Crippen LogP contribution in [-0.4, -0.2) is 73.2 Å². The van der Waals surface area contributed by atoms with Gasteiger partial charge in [-0.25, -0.2) is 0 Å². The predicted octanol–water partition coefficient (Wildman–Crippen LogP) is 2.06. The van der Waals surface area contributed by atoms with Crippen LogP contribution in [0.15, 0.2) is 24.3 Å². The van der Waals surface area contributed by atoms with Gasteiger partial charge in [-0.3, -0.25) is 4.79 Å². The Kier molecular flexibility index (Phi) is 5.97. The number of aliphatic hydroxyl groups is 1. The first-order valence-corrected chi connectivity index (χ1v) is 9.59. The van der Waals surface area contributed by atoms with Crippen molar-refractivity contribution in [1.29, 1.82) is 0 Å². The Morgan fingerprint density at radius 2 is 1.84 bits per heavy atom. The van der Waals surface area contributed by atoms with Crippen molar-refractivity contribution in [3.05, 3.63) is 29.8 Å². The van der Waals surface area contributed by atoms with Crippen LogP contribution in [0.2, 0.25) is 0 Å². The highest BCUT2D eigenvalue weighted by molar-refractivity contribution is 5.94. The standard InChI is InChI=1S/C20H31N3O2/c1-3-22-11-13-23(14-12-22)18-9-7-16(8-10-18)20(25)21(2)15-17-5-4-6-19(17)24/h7-10,17,19,24H,3-6,11-15H2,1-2H3. The Labute approximate surface area is 151 Å². The van der Waals surface area contributed by atoms with Gasteiger partial charge < -0.3 is 19.8 Å². The highest BCUT2D eigenvalue weighted by Crippen LogP contribution is 2.26. The highest BCUT2D eigenvalue weighted by Gasteiger charge is 2.27. The maximum Gasteiger partial charge on any atom is 0.253 e. The van der Waals surface area contributed by atoms with Crippen LogP contribution in [0, 0.1) is 5.92 Å². The molecule has 2 unspecified atom stereocenters. The smallest absolute Gasteiger partial charge is 0.253 e. The van der Waals surface area contributed by atoms with E-state index in [0.29, 0.717) is 6.54 Å². The van der Waals surface area contributed by atoms with Crippen molar-refractivity contribution >= 4 is 11.6 Å². The zero-order chi connectivity index (χ0) is 17.8. The monoisotopic (exact) mass is 345 g/mol. The van der Waals surface area contributed by atoms with E-state index in [9.17, 15) is 9.90 Å². The van der Waals surface area contributed by atoms with Gasteiger partial charge in [0.15, 0.2) is 0 Å². The molecule has 1 heterocycles. The summed E-state index contributed by atoms with van der Waals surface area (Å²) < 4.78 is 0. The quantitative estimate of drug-likeness (QED) is 0.887. The first-order valence-electron chi connectivity index (χ1n) is 9.59. The molecule has 5 nitrogen and oxygen atoms in total. The fourth-order valence-electron chi connectivity index (χ4n) is 4.02. The molecule has 1 aliphatic carbocycles. The summed E-state index contributed by atoms with van der Waals surface area (Å²) in [5.41, 5.74) is 1.92. The van der Waals surface area contributed by atoms with E-state index in [2.05, 4.69) is 28.9 Å². The second-order valence-electron chi connectivity index (χ2n) is 7.41. The molecule has 3 rings (SSSR count). The molecule has 1 aliphatic heterocycles. The lowest BCUT2D eigenvalue weighted by Gasteiger charge is -2.35. The molecule has 0 radical (unpaired) electrons. The molecular weight excluding hydrogens is 314 g/mol. The first-order chi connectivity index (χ1) is 12.1. The first kappa shape index (κ1) is 18.2. The Morgan fingerprint density at radius 3 is 2.40 bits per heavy atom. The molecule has 25 heavy (non-hydrogen) atoms. The molecule has 0 aromatic heterocycles. The summed E-state index contributed by atoms with van der Waals surface area (Å²) in [6, 6.07) is 8.00. The molecule has 1 saturated carbocycles. The second-order valence-corrected chi connectivity index (χ2v) is 7.41. The van der Waals surface area contributed by atoms with Gasteiger partial charge in [0.25, 0.3) is 5.91 Å². The van der Waals surface area contributed by atoms with Crippen LogP contribution in [0.1, 0.15) is 36.5 Å². The minimum atomic E-state index is -0.251. The predicted molar refractivity (Wildman–Crippen MR) is 101 cm³/mol. The molecule has 2 atom stereocenters. The van der Waals surface area contributed by atoms with E-state index < -0.39 is 0 Å². The van der Waals surface area contributed by atoms with Crippen molar-refractivity contribution in [1.82, 2.24) is 9.80 Å². The van der Waals surface area contributed by atoms with Crippen LogP contribution < -0.4 is 4.90 Å². The number of anilines is 1. The SMILES string of the molecule is CCN1CCN(c2ccc(C(=O)N(C)CC3CCCC3O)cc2)CC1. The summed E-state index contributed by atoms with van der Waals surface area (Å²) in [5, 5.41) is 9.96. The van der Waals surface area contributed by atoms with Crippen LogP contribution in [0.4, 0.5) is 5.69 Å². The number of likely N-dealkylation sites (N-methyl/N-ethyl adjacent to an activating group) is 1. The van der Waals surface area contributed by atoms with Gasteiger partial charge in [0.1, 0.15) is 0 Å². The summed E-state index contributed by atoms with van der Waals surface area (Å²) in [6.45, 7) is 8.25. The summed E-state index contributed by atoms with van der Waals surface area (Å²) in [7, 11) is 1.84. The van der Waals surface area contributed by atoms with E-state index in [0.717, 1.165) is 57.5 Å². The number of nitrogens with zero attached hydrogens (tertiary/aromatic N) is 3. The van der Waals surface area contributed by atoms with Gasteiger partial charge in [-0.15, -0.1) is 0 Å². The van der Waals surface area contributed by atoms with Crippen molar-refractivity contribution in [2.24, 2.45) is 5.92 Å². The van der Waals surface area contributed by atoms with E-state index >= 15 is 0 Å². The fourth-order valence-corrected chi connectivity index (χ4v) is 4.02. The number of piperazine rings is 1.